The summed E-state index contributed by atoms with van der Waals surface area (Å²) in [5, 5.41) is 3.47. The van der Waals surface area contributed by atoms with E-state index < -0.39 is 0 Å². The molecule has 0 radical (unpaired) electrons. The minimum atomic E-state index is 0.289. The molecule has 1 saturated heterocycles. The van der Waals surface area contributed by atoms with Crippen molar-refractivity contribution in [3.8, 4) is 0 Å². The van der Waals surface area contributed by atoms with E-state index in [4.69, 9.17) is 4.74 Å². The van der Waals surface area contributed by atoms with E-state index in [2.05, 4.69) is 22.2 Å². The lowest BCUT2D eigenvalue weighted by Crippen LogP contribution is -2.33. The van der Waals surface area contributed by atoms with Crippen LogP contribution in [-0.2, 0) is 11.8 Å². The Balaban J connectivity index is 1.78. The van der Waals surface area contributed by atoms with Crippen LogP contribution in [0.25, 0.3) is 11.0 Å². The van der Waals surface area contributed by atoms with E-state index in [9.17, 15) is 0 Å². The molecule has 5 heteroatoms. The van der Waals surface area contributed by atoms with Gasteiger partial charge in [-0.25, -0.2) is 9.97 Å². The van der Waals surface area contributed by atoms with Gasteiger partial charge in [-0.05, 0) is 24.3 Å². The van der Waals surface area contributed by atoms with E-state index in [1.807, 2.05) is 30.2 Å². The minimum absolute atomic E-state index is 0.289. The van der Waals surface area contributed by atoms with Gasteiger partial charge in [0.1, 0.15) is 5.52 Å². The highest BCUT2D eigenvalue weighted by atomic mass is 16.5. The number of hydrogen-bond acceptors (Lipinski definition) is 4. The minimum Gasteiger partial charge on any atom is -0.381 e. The first-order valence-corrected chi connectivity index (χ1v) is 6.76. The van der Waals surface area contributed by atoms with Crippen molar-refractivity contribution in [1.82, 2.24) is 14.5 Å². The Hall–Kier alpha value is -1.62. The van der Waals surface area contributed by atoms with Crippen LogP contribution in [-0.4, -0.2) is 34.3 Å². The van der Waals surface area contributed by atoms with Gasteiger partial charge in [0.15, 0.2) is 5.82 Å². The maximum atomic E-state index is 5.43. The number of anilines is 1. The number of rotatable bonds is 3. The molecule has 1 N–H and O–H groups in total. The SMILES string of the molecule is Cn1cnc2c(NCC3(C)CCOCC3)nccc21. The third kappa shape index (κ3) is 2.42. The van der Waals surface area contributed by atoms with Crippen LogP contribution < -0.4 is 5.32 Å². The summed E-state index contributed by atoms with van der Waals surface area (Å²) in [6, 6.07) is 1.99. The van der Waals surface area contributed by atoms with Crippen molar-refractivity contribution < 1.29 is 4.74 Å². The molecule has 1 aliphatic rings. The molecule has 3 rings (SSSR count). The fraction of sp³-hybridized carbons (Fsp3) is 0.571. The molecule has 102 valence electrons. The van der Waals surface area contributed by atoms with E-state index in [0.29, 0.717) is 0 Å². The predicted molar refractivity (Wildman–Crippen MR) is 75.2 cm³/mol. The van der Waals surface area contributed by atoms with E-state index in [1.54, 1.807) is 0 Å². The molecule has 2 aromatic heterocycles. The second kappa shape index (κ2) is 4.81. The Morgan fingerprint density at radius 2 is 2.16 bits per heavy atom. The lowest BCUT2D eigenvalue weighted by Gasteiger charge is -2.33. The van der Waals surface area contributed by atoms with Crippen molar-refractivity contribution >= 4 is 16.9 Å². The zero-order valence-corrected chi connectivity index (χ0v) is 11.5. The molecule has 0 spiro atoms. The maximum absolute atomic E-state index is 5.43. The van der Waals surface area contributed by atoms with Gasteiger partial charge in [-0.3, -0.25) is 0 Å². The van der Waals surface area contributed by atoms with Crippen LogP contribution in [0.15, 0.2) is 18.6 Å². The molecule has 1 fully saturated rings. The summed E-state index contributed by atoms with van der Waals surface area (Å²) >= 11 is 0. The molecule has 0 bridgehead atoms. The average Bonchev–Trinajstić information content (AvgIpc) is 2.80. The first kappa shape index (κ1) is 12.4. The quantitative estimate of drug-likeness (QED) is 0.919. The highest BCUT2D eigenvalue weighted by Gasteiger charge is 2.27. The van der Waals surface area contributed by atoms with Gasteiger partial charge in [-0.15, -0.1) is 0 Å². The molecule has 1 aliphatic heterocycles. The highest BCUT2D eigenvalue weighted by molar-refractivity contribution is 5.85. The number of pyridine rings is 1. The largest absolute Gasteiger partial charge is 0.381 e. The predicted octanol–water partition coefficient (Wildman–Crippen LogP) is 2.20. The van der Waals surface area contributed by atoms with Crippen molar-refractivity contribution in [1.29, 1.82) is 0 Å². The van der Waals surface area contributed by atoms with E-state index >= 15 is 0 Å². The smallest absolute Gasteiger partial charge is 0.154 e. The summed E-state index contributed by atoms with van der Waals surface area (Å²) in [6.45, 7) is 4.94. The topological polar surface area (TPSA) is 52.0 Å². The van der Waals surface area contributed by atoms with Gasteiger partial charge in [0.05, 0.1) is 11.8 Å². The molecule has 0 saturated carbocycles. The zero-order chi connectivity index (χ0) is 13.3. The van der Waals surface area contributed by atoms with Gasteiger partial charge < -0.3 is 14.6 Å². The maximum Gasteiger partial charge on any atom is 0.154 e. The molecule has 2 aromatic rings. The molecule has 0 aliphatic carbocycles. The van der Waals surface area contributed by atoms with Crippen LogP contribution in [0.5, 0.6) is 0 Å². The fourth-order valence-corrected chi connectivity index (χ4v) is 2.53. The first-order valence-electron chi connectivity index (χ1n) is 6.76. The van der Waals surface area contributed by atoms with Crippen LogP contribution in [0.3, 0.4) is 0 Å². The van der Waals surface area contributed by atoms with Crippen LogP contribution in [0.1, 0.15) is 19.8 Å². The highest BCUT2D eigenvalue weighted by Crippen LogP contribution is 2.30. The fourth-order valence-electron chi connectivity index (χ4n) is 2.53. The molecular weight excluding hydrogens is 240 g/mol. The zero-order valence-electron chi connectivity index (χ0n) is 11.5. The van der Waals surface area contributed by atoms with Crippen LogP contribution in [0.2, 0.25) is 0 Å². The summed E-state index contributed by atoms with van der Waals surface area (Å²) in [5.41, 5.74) is 2.34. The molecule has 3 heterocycles. The van der Waals surface area contributed by atoms with Crippen molar-refractivity contribution in [2.75, 3.05) is 25.1 Å². The molecule has 5 nitrogen and oxygen atoms in total. The molecule has 0 amide bonds. The van der Waals surface area contributed by atoms with Gasteiger partial charge in [0, 0.05) is 33.0 Å². The number of nitrogens with one attached hydrogen (secondary N) is 1. The Morgan fingerprint density at radius 3 is 2.95 bits per heavy atom. The number of imidazole rings is 1. The van der Waals surface area contributed by atoms with E-state index in [-0.39, 0.29) is 5.41 Å². The second-order valence-electron chi connectivity index (χ2n) is 5.66. The lowest BCUT2D eigenvalue weighted by atomic mass is 9.82. The summed E-state index contributed by atoms with van der Waals surface area (Å²) in [5.74, 6) is 0.880. The number of hydrogen-bond donors (Lipinski definition) is 1. The first-order chi connectivity index (χ1) is 9.18. The lowest BCUT2D eigenvalue weighted by molar-refractivity contribution is 0.0300. The van der Waals surface area contributed by atoms with Gasteiger partial charge in [0.2, 0.25) is 0 Å². The molecule has 19 heavy (non-hydrogen) atoms. The average molecular weight is 260 g/mol. The van der Waals surface area contributed by atoms with E-state index in [0.717, 1.165) is 49.5 Å². The van der Waals surface area contributed by atoms with Gasteiger partial charge >= 0.3 is 0 Å². The number of fused-ring (bicyclic) bond motifs is 1. The van der Waals surface area contributed by atoms with Crippen molar-refractivity contribution in [3.63, 3.8) is 0 Å². The normalized spacial score (nSPS) is 18.6. The summed E-state index contributed by atoms with van der Waals surface area (Å²) in [4.78, 5) is 8.84. The summed E-state index contributed by atoms with van der Waals surface area (Å²) in [7, 11) is 2.00. The number of aromatic nitrogens is 3. The summed E-state index contributed by atoms with van der Waals surface area (Å²) in [6.07, 6.45) is 5.85. The molecular formula is C14H20N4O. The third-order valence-electron chi connectivity index (χ3n) is 4.03. The Labute approximate surface area is 113 Å². The molecule has 0 atom stereocenters. The standard InChI is InChI=1S/C14H20N4O/c1-14(4-7-19-8-5-14)9-16-13-12-11(3-6-15-13)18(2)10-17-12/h3,6,10H,4-5,7-9H2,1-2H3,(H,15,16). The Morgan fingerprint density at radius 1 is 1.37 bits per heavy atom. The Kier molecular flexibility index (Phi) is 3.14. The number of nitrogens with zero attached hydrogens (tertiary/aromatic N) is 3. The van der Waals surface area contributed by atoms with E-state index in [1.165, 1.54) is 0 Å². The van der Waals surface area contributed by atoms with Crippen LogP contribution >= 0.6 is 0 Å². The third-order valence-corrected chi connectivity index (χ3v) is 4.03. The molecule has 0 unspecified atom stereocenters. The number of aryl methyl sites for hydroxylation is 1. The molecule has 0 aromatic carbocycles. The Bertz CT molecular complexity index is 572. The van der Waals surface area contributed by atoms with Crippen LogP contribution in [0, 0.1) is 5.41 Å². The van der Waals surface area contributed by atoms with Crippen molar-refractivity contribution in [2.45, 2.75) is 19.8 Å². The van der Waals surface area contributed by atoms with Gasteiger partial charge in [0.25, 0.3) is 0 Å². The van der Waals surface area contributed by atoms with Crippen molar-refractivity contribution in [3.05, 3.63) is 18.6 Å². The monoisotopic (exact) mass is 260 g/mol. The summed E-state index contributed by atoms with van der Waals surface area (Å²) < 4.78 is 7.44. The second-order valence-corrected chi connectivity index (χ2v) is 5.66. The van der Waals surface area contributed by atoms with Gasteiger partial charge in [-0.1, -0.05) is 6.92 Å². The van der Waals surface area contributed by atoms with Gasteiger partial charge in [-0.2, -0.15) is 0 Å². The number of ether oxygens (including phenoxy) is 1. The van der Waals surface area contributed by atoms with Crippen LogP contribution in [0.4, 0.5) is 5.82 Å². The van der Waals surface area contributed by atoms with Crippen molar-refractivity contribution in [2.24, 2.45) is 12.5 Å².